The molecule has 426 valence electrons. The van der Waals surface area contributed by atoms with Crippen LogP contribution in [0.25, 0.3) is 23.3 Å². The molecule has 0 aromatic carbocycles. The Morgan fingerprint density at radius 1 is 0.658 bits per heavy atom. The largest absolute Gasteiger partial charge is 0.693 e. The van der Waals surface area contributed by atoms with Crippen molar-refractivity contribution in [3.8, 4) is 23.0 Å². The van der Waals surface area contributed by atoms with Crippen LogP contribution in [0.1, 0.15) is 135 Å². The number of nitrogens with two attached hydrogens (primary N) is 3. The molecule has 4 radical (unpaired) electrons. The van der Waals surface area contributed by atoms with Gasteiger partial charge < -0.3 is 80.7 Å². The molecule has 1 aliphatic heterocycles. The molecular formula is C48H84IN11O12Y4-4. The average molecular weight is 1490 g/mol. The second kappa shape index (κ2) is 83.5. The van der Waals surface area contributed by atoms with Crippen LogP contribution in [0.5, 0.6) is 23.0 Å². The summed E-state index contributed by atoms with van der Waals surface area (Å²) in [6.45, 7) is 34.0. The van der Waals surface area contributed by atoms with Crippen LogP contribution in [0, 0.1) is 31.2 Å². The van der Waals surface area contributed by atoms with Gasteiger partial charge in [0.1, 0.15) is 46.1 Å². The number of rotatable bonds is 3. The van der Waals surface area contributed by atoms with Crippen molar-refractivity contribution < 1.29 is 166 Å². The molecule has 0 bridgehead atoms. The summed E-state index contributed by atoms with van der Waals surface area (Å²) in [6, 6.07) is 8.77. The van der Waals surface area contributed by atoms with Crippen LogP contribution in [-0.2, 0) is 152 Å². The number of amides is 1. The van der Waals surface area contributed by atoms with Crippen molar-refractivity contribution in [3.63, 3.8) is 0 Å². The Balaban J connectivity index is -0.0000000491. The van der Waals surface area contributed by atoms with Crippen LogP contribution in [0.15, 0.2) is 82.7 Å². The minimum atomic E-state index is -0.486. The molecule has 76 heavy (non-hydrogen) atoms. The van der Waals surface area contributed by atoms with Crippen molar-refractivity contribution in [1.82, 2.24) is 24.9 Å². The number of carbonyl (C=O) groups excluding carboxylic acids is 2. The number of H-pyrrole nitrogens is 1. The molecule has 5 aromatic heterocycles. The smallest absolute Gasteiger partial charge is 0.330 e. The van der Waals surface area contributed by atoms with Gasteiger partial charge in [-0.2, -0.15) is 0 Å². The molecular weight excluding hydrogens is 1410 g/mol. The van der Waals surface area contributed by atoms with Gasteiger partial charge in [-0.25, -0.2) is 24.7 Å². The Kier molecular flexibility index (Phi) is 120. The van der Waals surface area contributed by atoms with Crippen LogP contribution in [0.3, 0.4) is 0 Å². The standard InChI is InChI=1S/C10H12N2O3.C8H8N2O2.C8H6N2O2.C5H5IN2O.8C2H6.CH3.2HNO2.H2N.4Y/c1-2-15-9(14)4-3-7-8(13)5-6-12-10(7)11;2*11-6-3-4-9-8-5(6)1-2-7(12)10-8;6-4-3(9)1-2-8-5(4)7;8*1-2;;2*2-1-3;;;;;/h3-6H,2H2,1H3,(H3,11,12,13);3-4H,1-2H2,(H2,9,10,11,12);1-4H,(H2,9,10,11,12);1-2H,(H3,7,8,9);8*1-2H3;1H3;2*(H,2,3);1H2;;;;/q;;;;;;;;;;;;-1;;;-1;;;;/p-2/b4-3+;;;;;;;;;;;;;;;;;;;. The summed E-state index contributed by atoms with van der Waals surface area (Å²) in [5.41, 5.74) is 12.1. The first kappa shape index (κ1) is 109. The van der Waals surface area contributed by atoms with Gasteiger partial charge in [0.15, 0.2) is 0 Å². The molecule has 5 aromatic rings. The Morgan fingerprint density at radius 2 is 1.05 bits per heavy atom. The summed E-state index contributed by atoms with van der Waals surface area (Å²) in [6.07, 6.45) is 9.31. The third-order valence-corrected chi connectivity index (χ3v) is 7.17. The number of anilines is 3. The number of nitrogens with one attached hydrogen (secondary N) is 2. The van der Waals surface area contributed by atoms with Crippen molar-refractivity contribution in [1.29, 1.82) is 0 Å². The zero-order chi connectivity index (χ0) is 56.6. The van der Waals surface area contributed by atoms with Crippen molar-refractivity contribution >= 4 is 69.0 Å². The quantitative estimate of drug-likeness (QED) is 0.0208. The topological polar surface area (TPSA) is 411 Å². The fourth-order valence-corrected chi connectivity index (χ4v) is 4.07. The van der Waals surface area contributed by atoms with Crippen LogP contribution >= 0.6 is 22.6 Å². The van der Waals surface area contributed by atoms with E-state index in [0.717, 1.165) is 16.2 Å². The number of halogens is 1. The van der Waals surface area contributed by atoms with Crippen molar-refractivity contribution in [2.75, 3.05) is 23.4 Å². The zero-order valence-corrected chi connectivity index (χ0v) is 61.2. The van der Waals surface area contributed by atoms with Gasteiger partial charge in [-0.05, 0) is 72.3 Å². The predicted molar refractivity (Wildman–Crippen MR) is 307 cm³/mol. The maximum Gasteiger partial charge on any atom is 0.330 e. The first-order valence-electron chi connectivity index (χ1n) is 22.6. The van der Waals surface area contributed by atoms with Crippen LogP contribution < -0.4 is 22.3 Å². The normalized spacial score (nSPS) is 8.16. The van der Waals surface area contributed by atoms with E-state index in [-0.39, 0.29) is 185 Å². The predicted octanol–water partition coefficient (Wildman–Crippen LogP) is 13.1. The van der Waals surface area contributed by atoms with Crippen LogP contribution in [0.2, 0.25) is 0 Å². The molecule has 1 aliphatic rings. The number of fused-ring (bicyclic) bond motifs is 2. The summed E-state index contributed by atoms with van der Waals surface area (Å²) in [5, 5.41) is 58.2. The maximum atomic E-state index is 11.0. The van der Waals surface area contributed by atoms with E-state index in [1.807, 2.05) is 133 Å². The van der Waals surface area contributed by atoms with Crippen molar-refractivity contribution in [3.05, 3.63) is 126 Å². The van der Waals surface area contributed by atoms with Crippen molar-refractivity contribution in [2.24, 2.45) is 10.7 Å². The molecule has 1 amide bonds. The minimum absolute atomic E-state index is 0. The Morgan fingerprint density at radius 3 is 1.47 bits per heavy atom. The van der Waals surface area contributed by atoms with E-state index in [0.29, 0.717) is 51.3 Å². The fourth-order valence-electron chi connectivity index (χ4n) is 3.75. The molecule has 0 spiro atoms. The number of nitrogen functional groups attached to an aromatic ring is 2. The molecule has 0 saturated heterocycles. The average Bonchev–Trinajstić information content (AvgIpc) is 3.39. The van der Waals surface area contributed by atoms with Gasteiger partial charge in [-0.3, -0.25) is 9.59 Å². The second-order valence-corrected chi connectivity index (χ2v) is 10.6. The van der Waals surface area contributed by atoms with Crippen LogP contribution in [-0.4, -0.2) is 63.8 Å². The van der Waals surface area contributed by atoms with Crippen LogP contribution in [0.4, 0.5) is 17.5 Å². The molecule has 0 saturated carbocycles. The first-order valence-corrected chi connectivity index (χ1v) is 23.7. The zero-order valence-electron chi connectivity index (χ0n) is 47.7. The van der Waals surface area contributed by atoms with Gasteiger partial charge >= 0.3 is 5.97 Å². The third-order valence-electron chi connectivity index (χ3n) is 6.07. The summed E-state index contributed by atoms with van der Waals surface area (Å²) in [5.74, 6) is 0.987. The Hall–Kier alpha value is -2.80. The van der Waals surface area contributed by atoms with E-state index in [1.54, 1.807) is 6.92 Å². The van der Waals surface area contributed by atoms with E-state index in [4.69, 9.17) is 36.8 Å². The van der Waals surface area contributed by atoms with Gasteiger partial charge in [0.05, 0.1) is 21.1 Å². The minimum Gasteiger partial charge on any atom is -0.693 e. The SMILES string of the molecule is CC.CC.CC.CC.CC.CC.CC.CC.CCOC(=O)/C=C/c1c(O)ccnc1N.Nc1nccc(O)c1I.O=C1CCc2c(O)ccnc2N1.O=N[O-].O=N[O-].O=c1ccc2c(O)ccnc2[nH]1.[CH3-].[NH2-].[Y].[Y].[Y].[Y]. The second-order valence-electron chi connectivity index (χ2n) is 9.51. The number of aromatic hydroxyl groups is 4. The summed E-state index contributed by atoms with van der Waals surface area (Å²) < 4.78 is 5.28. The maximum absolute atomic E-state index is 11.0. The third kappa shape index (κ3) is 55.9. The van der Waals surface area contributed by atoms with Gasteiger partial charge in [0.25, 0.3) is 0 Å². The molecule has 28 heteroatoms. The number of ether oxygens (including phenoxy) is 1. The number of aromatic nitrogens is 5. The molecule has 0 fully saturated rings. The summed E-state index contributed by atoms with van der Waals surface area (Å²) in [4.78, 5) is 66.6. The van der Waals surface area contributed by atoms with E-state index in [1.165, 1.54) is 73.3 Å². The van der Waals surface area contributed by atoms with Gasteiger partial charge in [-0.15, -0.1) is 10.7 Å². The molecule has 12 N–H and O–H groups in total. The molecule has 6 heterocycles. The number of esters is 1. The summed E-state index contributed by atoms with van der Waals surface area (Å²) >= 11 is 1.93. The molecule has 0 unspecified atom stereocenters. The number of aromatic amines is 1. The Labute approximate surface area is 566 Å². The number of pyridine rings is 5. The van der Waals surface area contributed by atoms with E-state index in [9.17, 15) is 29.7 Å². The number of carbonyl (C=O) groups is 2. The monoisotopic (exact) mass is 1490 g/mol. The fraction of sp³-hybridized carbons (Fsp3) is 0.417. The number of hydrogen-bond donors (Lipinski definition) is 8. The van der Waals surface area contributed by atoms with E-state index in [2.05, 4.69) is 35.0 Å². The summed E-state index contributed by atoms with van der Waals surface area (Å²) in [7, 11) is 0. The van der Waals surface area contributed by atoms with Gasteiger partial charge in [0.2, 0.25) is 11.5 Å². The van der Waals surface area contributed by atoms with E-state index < -0.39 is 5.97 Å². The molecule has 0 aliphatic carbocycles. The molecule has 0 atom stereocenters. The van der Waals surface area contributed by atoms with E-state index >= 15 is 0 Å². The number of hydrogen-bond acceptors (Lipinski definition) is 20. The van der Waals surface area contributed by atoms with Gasteiger partial charge in [-0.1, -0.05) is 111 Å². The first-order chi connectivity index (χ1) is 33.7. The van der Waals surface area contributed by atoms with Crippen molar-refractivity contribution in [2.45, 2.75) is 131 Å². The van der Waals surface area contributed by atoms with Gasteiger partial charge in [0, 0.05) is 180 Å². The molecule has 6 rings (SSSR count). The Bertz CT molecular complexity index is 2090. The number of nitrogens with zero attached hydrogens (tertiary/aromatic N) is 6. The molecule has 23 nitrogen and oxygen atoms in total.